The molecule has 1 aromatic heterocycles. The van der Waals surface area contributed by atoms with Gasteiger partial charge in [-0.05, 0) is 18.8 Å². The molecule has 0 aromatic carbocycles. The number of hydrogen-bond donors (Lipinski definition) is 2. The second kappa shape index (κ2) is 6.14. The number of hydrogen-bond acceptors (Lipinski definition) is 5. The molecule has 0 aliphatic carbocycles. The van der Waals surface area contributed by atoms with E-state index in [1.165, 1.54) is 6.20 Å². The molecule has 1 aromatic rings. The molecule has 2 heterocycles. The molecule has 1 saturated heterocycles. The Labute approximate surface area is 112 Å². The summed E-state index contributed by atoms with van der Waals surface area (Å²) in [6, 6.07) is 0. The molecule has 0 spiro atoms. The van der Waals surface area contributed by atoms with Crippen molar-refractivity contribution in [1.29, 1.82) is 0 Å². The van der Waals surface area contributed by atoms with Crippen LogP contribution in [0.3, 0.4) is 0 Å². The van der Waals surface area contributed by atoms with E-state index in [1.54, 1.807) is 4.90 Å². The van der Waals surface area contributed by atoms with E-state index in [9.17, 15) is 9.50 Å². The number of halogens is 1. The average molecular weight is 268 g/mol. The van der Waals surface area contributed by atoms with Crippen LogP contribution >= 0.6 is 0 Å². The first kappa shape index (κ1) is 14.0. The summed E-state index contributed by atoms with van der Waals surface area (Å²) in [5, 5.41) is 12.9. The molecule has 2 unspecified atom stereocenters. The fourth-order valence-corrected chi connectivity index (χ4v) is 2.14. The summed E-state index contributed by atoms with van der Waals surface area (Å²) < 4.78 is 13.8. The third-order valence-electron chi connectivity index (χ3n) is 3.48. The molecule has 0 radical (unpaired) electrons. The van der Waals surface area contributed by atoms with Crippen molar-refractivity contribution in [3.8, 4) is 0 Å². The van der Waals surface area contributed by atoms with Crippen molar-refractivity contribution < 1.29 is 9.50 Å². The zero-order valence-corrected chi connectivity index (χ0v) is 11.4. The highest BCUT2D eigenvalue weighted by molar-refractivity contribution is 5.44. The molecule has 1 fully saturated rings. The number of aliphatic hydroxyl groups is 1. The minimum atomic E-state index is -0.441. The van der Waals surface area contributed by atoms with Crippen LogP contribution in [0.1, 0.15) is 26.7 Å². The molecule has 2 rings (SSSR count). The molecule has 2 atom stereocenters. The molecule has 1 aliphatic rings. The van der Waals surface area contributed by atoms with Crippen LogP contribution < -0.4 is 10.2 Å². The molecular formula is C13H21FN4O. The predicted octanol–water partition coefficient (Wildman–Crippen LogP) is 1.64. The van der Waals surface area contributed by atoms with E-state index < -0.39 is 11.9 Å². The van der Waals surface area contributed by atoms with Gasteiger partial charge in [0.2, 0.25) is 5.95 Å². The number of nitrogens with one attached hydrogen (secondary N) is 1. The van der Waals surface area contributed by atoms with Crippen LogP contribution in [0, 0.1) is 11.7 Å². The largest absolute Gasteiger partial charge is 0.391 e. The lowest BCUT2D eigenvalue weighted by atomic mass is 9.96. The minimum Gasteiger partial charge on any atom is -0.391 e. The van der Waals surface area contributed by atoms with Crippen molar-refractivity contribution in [2.75, 3.05) is 29.9 Å². The first-order valence-corrected chi connectivity index (χ1v) is 6.81. The number of aromatic nitrogens is 2. The Balaban J connectivity index is 2.14. The van der Waals surface area contributed by atoms with Gasteiger partial charge >= 0.3 is 0 Å². The molecule has 1 aliphatic heterocycles. The van der Waals surface area contributed by atoms with Crippen molar-refractivity contribution >= 4 is 11.8 Å². The fourth-order valence-electron chi connectivity index (χ4n) is 2.14. The summed E-state index contributed by atoms with van der Waals surface area (Å²) in [5.41, 5.74) is 0. The van der Waals surface area contributed by atoms with Gasteiger partial charge in [-0.1, -0.05) is 13.8 Å². The summed E-state index contributed by atoms with van der Waals surface area (Å²) >= 11 is 0. The normalized spacial score (nSPS) is 23.5. The second-order valence-electron chi connectivity index (χ2n) is 5.07. The van der Waals surface area contributed by atoms with Gasteiger partial charge in [0.1, 0.15) is 0 Å². The van der Waals surface area contributed by atoms with Gasteiger partial charge in [0, 0.05) is 19.6 Å². The zero-order chi connectivity index (χ0) is 13.8. The third-order valence-corrected chi connectivity index (χ3v) is 3.48. The quantitative estimate of drug-likeness (QED) is 0.869. The van der Waals surface area contributed by atoms with Crippen molar-refractivity contribution in [2.24, 2.45) is 5.92 Å². The van der Waals surface area contributed by atoms with Gasteiger partial charge in [-0.15, -0.1) is 0 Å². The highest BCUT2D eigenvalue weighted by atomic mass is 19.1. The van der Waals surface area contributed by atoms with E-state index in [-0.39, 0.29) is 11.7 Å². The van der Waals surface area contributed by atoms with Gasteiger partial charge in [-0.3, -0.25) is 0 Å². The van der Waals surface area contributed by atoms with Crippen LogP contribution in [0.5, 0.6) is 0 Å². The van der Waals surface area contributed by atoms with Crippen LogP contribution in [0.2, 0.25) is 0 Å². The third kappa shape index (κ3) is 3.32. The topological polar surface area (TPSA) is 61.3 Å². The maximum Gasteiger partial charge on any atom is 0.224 e. The lowest BCUT2D eigenvalue weighted by molar-refractivity contribution is 0.102. The maximum absolute atomic E-state index is 13.8. The Hall–Kier alpha value is -1.43. The molecule has 19 heavy (non-hydrogen) atoms. The number of anilines is 2. The summed E-state index contributed by atoms with van der Waals surface area (Å²) in [6.07, 6.45) is 2.54. The first-order valence-electron chi connectivity index (χ1n) is 6.81. The number of β-amino-alcohol motifs (C(OH)–C–C–N with tert-alkyl or cyclic N) is 1. The molecule has 5 nitrogen and oxygen atoms in total. The van der Waals surface area contributed by atoms with E-state index in [4.69, 9.17) is 0 Å². The summed E-state index contributed by atoms with van der Waals surface area (Å²) in [5.74, 6) is 0.522. The van der Waals surface area contributed by atoms with Gasteiger partial charge in [-0.2, -0.15) is 4.98 Å². The summed E-state index contributed by atoms with van der Waals surface area (Å²) in [6.45, 7) is 5.93. The van der Waals surface area contributed by atoms with Crippen LogP contribution in [0.4, 0.5) is 16.2 Å². The Kier molecular flexibility index (Phi) is 4.52. The number of rotatable bonds is 4. The Bertz CT molecular complexity index is 429. The monoisotopic (exact) mass is 268 g/mol. The van der Waals surface area contributed by atoms with Gasteiger partial charge in [0.05, 0.1) is 12.3 Å². The second-order valence-corrected chi connectivity index (χ2v) is 5.07. The van der Waals surface area contributed by atoms with Gasteiger partial charge in [0.15, 0.2) is 11.6 Å². The molecule has 2 N–H and O–H groups in total. The zero-order valence-electron chi connectivity index (χ0n) is 11.4. The molecule has 6 heteroatoms. The molecule has 0 amide bonds. The highest BCUT2D eigenvalue weighted by Gasteiger charge is 2.27. The Morgan fingerprint density at radius 1 is 1.58 bits per heavy atom. The van der Waals surface area contributed by atoms with Gasteiger partial charge in [-0.25, -0.2) is 9.37 Å². The number of piperidine rings is 1. The minimum absolute atomic E-state index is 0.249. The SMILES string of the molecule is CCCNc1ncc(F)c(N2CCC(C)C(O)C2)n1. The lowest BCUT2D eigenvalue weighted by Gasteiger charge is -2.35. The van der Waals surface area contributed by atoms with Crippen molar-refractivity contribution in [2.45, 2.75) is 32.8 Å². The van der Waals surface area contributed by atoms with Gasteiger partial charge < -0.3 is 15.3 Å². The van der Waals surface area contributed by atoms with Crippen molar-refractivity contribution in [1.82, 2.24) is 9.97 Å². The number of aliphatic hydroxyl groups excluding tert-OH is 1. The van der Waals surface area contributed by atoms with E-state index in [0.717, 1.165) is 19.4 Å². The molecule has 0 bridgehead atoms. The fraction of sp³-hybridized carbons (Fsp3) is 0.692. The highest BCUT2D eigenvalue weighted by Crippen LogP contribution is 2.24. The summed E-state index contributed by atoms with van der Waals surface area (Å²) in [4.78, 5) is 9.92. The van der Waals surface area contributed by atoms with Gasteiger partial charge in [0.25, 0.3) is 0 Å². The van der Waals surface area contributed by atoms with Crippen LogP contribution in [0.25, 0.3) is 0 Å². The lowest BCUT2D eigenvalue weighted by Crippen LogP contribution is -2.43. The molecular weight excluding hydrogens is 247 g/mol. The smallest absolute Gasteiger partial charge is 0.224 e. The van der Waals surface area contributed by atoms with Crippen LogP contribution in [-0.4, -0.2) is 40.8 Å². The van der Waals surface area contributed by atoms with Crippen LogP contribution in [-0.2, 0) is 0 Å². The van der Waals surface area contributed by atoms with E-state index in [0.29, 0.717) is 19.0 Å². The average Bonchev–Trinajstić information content (AvgIpc) is 2.41. The first-order chi connectivity index (χ1) is 9.11. The molecule has 0 saturated carbocycles. The van der Waals surface area contributed by atoms with E-state index in [2.05, 4.69) is 15.3 Å². The summed E-state index contributed by atoms with van der Waals surface area (Å²) in [7, 11) is 0. The standard InChI is InChI=1S/C13H21FN4O/c1-3-5-15-13-16-7-10(14)12(17-13)18-6-4-9(2)11(19)8-18/h7,9,11,19H,3-6,8H2,1-2H3,(H,15,16,17). The van der Waals surface area contributed by atoms with E-state index >= 15 is 0 Å². The Morgan fingerprint density at radius 2 is 2.37 bits per heavy atom. The molecule has 106 valence electrons. The van der Waals surface area contributed by atoms with E-state index in [1.807, 2.05) is 13.8 Å². The van der Waals surface area contributed by atoms with Crippen molar-refractivity contribution in [3.05, 3.63) is 12.0 Å². The maximum atomic E-state index is 13.8. The van der Waals surface area contributed by atoms with Crippen LogP contribution in [0.15, 0.2) is 6.20 Å². The number of nitrogens with zero attached hydrogens (tertiary/aromatic N) is 3. The van der Waals surface area contributed by atoms with Crippen molar-refractivity contribution in [3.63, 3.8) is 0 Å². The predicted molar refractivity (Wildman–Crippen MR) is 72.8 cm³/mol. The Morgan fingerprint density at radius 3 is 3.05 bits per heavy atom.